The number of hydrogen-bond acceptors (Lipinski definition) is 4. The number of phenols is 1. The fraction of sp³-hybridized carbons (Fsp3) is 0.0526. The second-order valence-electron chi connectivity index (χ2n) is 5.67. The maximum absolute atomic E-state index is 13.1. The molecule has 0 atom stereocenters. The molecule has 0 radical (unpaired) electrons. The number of carboxylic acids is 1. The van der Waals surface area contributed by atoms with Crippen LogP contribution < -0.4 is 0 Å². The first-order valence-electron chi connectivity index (χ1n) is 7.60. The van der Waals surface area contributed by atoms with E-state index in [2.05, 4.69) is 0 Å². The molecule has 0 aliphatic carbocycles. The first-order chi connectivity index (χ1) is 12.4. The second-order valence-corrected chi connectivity index (χ2v) is 5.67. The van der Waals surface area contributed by atoms with Gasteiger partial charge in [0.15, 0.2) is 0 Å². The van der Waals surface area contributed by atoms with Crippen LogP contribution in [-0.4, -0.2) is 31.6 Å². The minimum atomic E-state index is -1.70. The first-order valence-corrected chi connectivity index (χ1v) is 7.60. The molecule has 0 spiro atoms. The van der Waals surface area contributed by atoms with Crippen molar-refractivity contribution in [3.8, 4) is 5.75 Å². The Hall–Kier alpha value is -3.61. The quantitative estimate of drug-likeness (QED) is 0.371. The fourth-order valence-corrected chi connectivity index (χ4v) is 2.71. The summed E-state index contributed by atoms with van der Waals surface area (Å²) >= 11 is 0. The number of ketones is 1. The Kier molecular flexibility index (Phi) is 4.45. The van der Waals surface area contributed by atoms with E-state index in [9.17, 15) is 24.2 Å². The number of aromatic hydroxyl groups is 1. The summed E-state index contributed by atoms with van der Waals surface area (Å²) in [6.07, 6.45) is 2.08. The smallest absolute Gasteiger partial charge is 0.376 e. The molecular formula is C19H14FNO5. The highest BCUT2D eigenvalue weighted by atomic mass is 19.1. The number of aliphatic carboxylic acids is 1. The third-order valence-electron chi connectivity index (χ3n) is 3.90. The van der Waals surface area contributed by atoms with Crippen molar-refractivity contribution in [1.29, 1.82) is 0 Å². The highest BCUT2D eigenvalue weighted by molar-refractivity contribution is 6.38. The lowest BCUT2D eigenvalue weighted by molar-refractivity contribution is -0.146. The Morgan fingerprint density at radius 3 is 2.42 bits per heavy atom. The lowest BCUT2D eigenvalue weighted by atomic mass is 10.1. The van der Waals surface area contributed by atoms with E-state index in [1.807, 2.05) is 0 Å². The van der Waals surface area contributed by atoms with Gasteiger partial charge < -0.3 is 19.9 Å². The monoisotopic (exact) mass is 355 g/mol. The topological polar surface area (TPSA) is 99.8 Å². The van der Waals surface area contributed by atoms with E-state index < -0.39 is 17.5 Å². The molecule has 7 heteroatoms. The molecular weight excluding hydrogens is 341 g/mol. The SMILES string of the molecule is O=C(O)C(=O)/C=C(\O)c1cn(Cc2ccc(F)cc2)c2cccc(O)c12. The van der Waals surface area contributed by atoms with Gasteiger partial charge >= 0.3 is 5.97 Å². The molecule has 0 aliphatic heterocycles. The second kappa shape index (κ2) is 6.72. The molecule has 3 N–H and O–H groups in total. The summed E-state index contributed by atoms with van der Waals surface area (Å²) in [5, 5.41) is 29.3. The number of aliphatic hydroxyl groups excluding tert-OH is 1. The van der Waals surface area contributed by atoms with Gasteiger partial charge in [-0.3, -0.25) is 4.79 Å². The Bertz CT molecular complexity index is 1030. The summed E-state index contributed by atoms with van der Waals surface area (Å²) in [5.74, 6) is -4.04. The minimum Gasteiger partial charge on any atom is -0.507 e. The van der Waals surface area contributed by atoms with Gasteiger partial charge in [-0.1, -0.05) is 18.2 Å². The number of carboxylic acid groups (broad SMARTS) is 1. The van der Waals surface area contributed by atoms with E-state index in [4.69, 9.17) is 5.11 Å². The predicted octanol–water partition coefficient (Wildman–Crippen LogP) is 3.09. The van der Waals surface area contributed by atoms with Crippen LogP contribution in [0, 0.1) is 5.82 Å². The number of phenolic OH excluding ortho intramolecular Hbond substituents is 1. The van der Waals surface area contributed by atoms with Gasteiger partial charge in [0.25, 0.3) is 5.78 Å². The minimum absolute atomic E-state index is 0.120. The normalized spacial score (nSPS) is 11.7. The molecule has 1 aromatic heterocycles. The van der Waals surface area contributed by atoms with Crippen molar-refractivity contribution in [3.05, 3.63) is 71.7 Å². The molecule has 1 heterocycles. The van der Waals surface area contributed by atoms with Gasteiger partial charge in [0.05, 0.1) is 10.9 Å². The van der Waals surface area contributed by atoms with E-state index >= 15 is 0 Å². The number of aliphatic hydroxyl groups is 1. The molecule has 0 saturated carbocycles. The summed E-state index contributed by atoms with van der Waals surface area (Å²) < 4.78 is 14.8. The van der Waals surface area contributed by atoms with E-state index in [0.29, 0.717) is 18.1 Å². The highest BCUT2D eigenvalue weighted by Gasteiger charge is 2.18. The number of aromatic nitrogens is 1. The number of rotatable bonds is 5. The molecule has 0 fully saturated rings. The largest absolute Gasteiger partial charge is 0.507 e. The maximum Gasteiger partial charge on any atom is 0.376 e. The molecule has 6 nitrogen and oxygen atoms in total. The molecule has 3 rings (SSSR count). The van der Waals surface area contributed by atoms with Crippen molar-refractivity contribution in [2.45, 2.75) is 6.54 Å². The van der Waals surface area contributed by atoms with E-state index in [1.54, 1.807) is 28.8 Å². The van der Waals surface area contributed by atoms with Crippen LogP contribution in [0.1, 0.15) is 11.1 Å². The van der Waals surface area contributed by atoms with Crippen molar-refractivity contribution in [2.24, 2.45) is 0 Å². The van der Waals surface area contributed by atoms with Crippen LogP contribution in [0.4, 0.5) is 4.39 Å². The van der Waals surface area contributed by atoms with Gasteiger partial charge in [0, 0.05) is 24.4 Å². The third-order valence-corrected chi connectivity index (χ3v) is 3.90. The number of benzene rings is 2. The van der Waals surface area contributed by atoms with Crippen molar-refractivity contribution < 1.29 is 29.3 Å². The molecule has 3 aromatic rings. The van der Waals surface area contributed by atoms with Gasteiger partial charge in [-0.2, -0.15) is 0 Å². The molecule has 0 saturated heterocycles. The standard InChI is InChI=1S/C19H14FNO5/c20-12-6-4-11(5-7-12)9-21-10-13(16(23)8-17(24)19(25)26)18-14(21)2-1-3-15(18)22/h1-8,10,22-23H,9H2,(H,25,26)/b16-8-. The Morgan fingerprint density at radius 2 is 1.77 bits per heavy atom. The zero-order valence-electron chi connectivity index (χ0n) is 13.4. The summed E-state index contributed by atoms with van der Waals surface area (Å²) in [4.78, 5) is 22.0. The lowest BCUT2D eigenvalue weighted by Gasteiger charge is -2.05. The highest BCUT2D eigenvalue weighted by Crippen LogP contribution is 2.33. The molecule has 0 amide bonds. The molecule has 0 aliphatic rings. The molecule has 132 valence electrons. The summed E-state index contributed by atoms with van der Waals surface area (Å²) in [6, 6.07) is 10.6. The zero-order valence-corrected chi connectivity index (χ0v) is 13.4. The van der Waals surface area contributed by atoms with Crippen LogP contribution >= 0.6 is 0 Å². The van der Waals surface area contributed by atoms with Crippen LogP contribution in [0.25, 0.3) is 16.7 Å². The molecule has 0 bridgehead atoms. The van der Waals surface area contributed by atoms with Crippen molar-refractivity contribution >= 4 is 28.4 Å². The van der Waals surface area contributed by atoms with Gasteiger partial charge in [-0.05, 0) is 29.8 Å². The number of nitrogens with zero attached hydrogens (tertiary/aromatic N) is 1. The number of fused-ring (bicyclic) bond motifs is 1. The molecule has 2 aromatic carbocycles. The summed E-state index contributed by atoms with van der Waals surface area (Å²) in [7, 11) is 0. The Labute approximate surface area is 147 Å². The van der Waals surface area contributed by atoms with Crippen LogP contribution in [0.2, 0.25) is 0 Å². The van der Waals surface area contributed by atoms with Gasteiger partial charge in [0.1, 0.15) is 17.3 Å². The lowest BCUT2D eigenvalue weighted by Crippen LogP contribution is -2.09. The van der Waals surface area contributed by atoms with Crippen molar-refractivity contribution in [2.75, 3.05) is 0 Å². The van der Waals surface area contributed by atoms with E-state index in [0.717, 1.165) is 5.56 Å². The predicted molar refractivity (Wildman–Crippen MR) is 92.4 cm³/mol. The first kappa shape index (κ1) is 17.2. The average Bonchev–Trinajstić information content (AvgIpc) is 2.97. The molecule has 26 heavy (non-hydrogen) atoms. The zero-order chi connectivity index (χ0) is 18.8. The number of carbonyl (C=O) groups is 2. The molecule has 0 unspecified atom stereocenters. The van der Waals surface area contributed by atoms with Crippen LogP contribution in [0.15, 0.2) is 54.7 Å². The van der Waals surface area contributed by atoms with Gasteiger partial charge in [-0.25, -0.2) is 9.18 Å². The number of hydrogen-bond donors (Lipinski definition) is 3. The van der Waals surface area contributed by atoms with E-state index in [-0.39, 0.29) is 22.5 Å². The summed E-state index contributed by atoms with van der Waals surface area (Å²) in [5.41, 5.74) is 1.46. The third kappa shape index (κ3) is 3.27. The van der Waals surface area contributed by atoms with Crippen molar-refractivity contribution in [1.82, 2.24) is 4.57 Å². The number of halogens is 1. The maximum atomic E-state index is 13.1. The van der Waals surface area contributed by atoms with Gasteiger partial charge in [0.2, 0.25) is 0 Å². The Morgan fingerprint density at radius 1 is 1.08 bits per heavy atom. The Balaban J connectivity index is 2.11. The van der Waals surface area contributed by atoms with Crippen molar-refractivity contribution in [3.63, 3.8) is 0 Å². The van der Waals surface area contributed by atoms with Crippen LogP contribution in [0.3, 0.4) is 0 Å². The van der Waals surface area contributed by atoms with E-state index in [1.165, 1.54) is 24.4 Å². The van der Waals surface area contributed by atoms with Gasteiger partial charge in [-0.15, -0.1) is 0 Å². The number of carbonyl (C=O) groups excluding carboxylic acids is 1. The average molecular weight is 355 g/mol. The fourth-order valence-electron chi connectivity index (χ4n) is 2.71. The summed E-state index contributed by atoms with van der Waals surface area (Å²) in [6.45, 7) is 0.320. The van der Waals surface area contributed by atoms with Crippen LogP contribution in [-0.2, 0) is 16.1 Å². The van der Waals surface area contributed by atoms with Crippen LogP contribution in [0.5, 0.6) is 5.75 Å².